The number of benzene rings is 1. The fourth-order valence-electron chi connectivity index (χ4n) is 6.83. The second-order valence-corrected chi connectivity index (χ2v) is 11.5. The van der Waals surface area contributed by atoms with Crippen LogP contribution in [0.4, 0.5) is 11.6 Å². The number of nitrogens with one attached hydrogen (secondary N) is 1. The SMILES string of the molecule is CCCCNc1ncc2c3ccc(N4CCC(N5CCCC5)CC4)cc3c(=O)n(C3CCC(O)CC3)c2n1. The number of aliphatic hydroxyl groups is 1. The molecule has 8 heteroatoms. The maximum absolute atomic E-state index is 14.2. The van der Waals surface area contributed by atoms with Gasteiger partial charge in [0.15, 0.2) is 0 Å². The summed E-state index contributed by atoms with van der Waals surface area (Å²) < 4.78 is 1.92. The second-order valence-electron chi connectivity index (χ2n) is 11.5. The van der Waals surface area contributed by atoms with Crippen molar-refractivity contribution in [2.75, 3.05) is 42.9 Å². The molecule has 3 aliphatic rings. The molecular weight excluding hydrogens is 476 g/mol. The maximum Gasteiger partial charge on any atom is 0.260 e. The van der Waals surface area contributed by atoms with E-state index < -0.39 is 0 Å². The van der Waals surface area contributed by atoms with Crippen LogP contribution in [0.5, 0.6) is 0 Å². The molecule has 1 aromatic carbocycles. The van der Waals surface area contributed by atoms with Crippen molar-refractivity contribution in [3.8, 4) is 0 Å². The van der Waals surface area contributed by atoms with Gasteiger partial charge in [0.25, 0.3) is 5.56 Å². The summed E-state index contributed by atoms with van der Waals surface area (Å²) in [6, 6.07) is 7.12. The molecule has 2 aromatic heterocycles. The first-order chi connectivity index (χ1) is 18.6. The van der Waals surface area contributed by atoms with Gasteiger partial charge in [0.05, 0.1) is 11.5 Å². The molecule has 4 heterocycles. The van der Waals surface area contributed by atoms with Gasteiger partial charge in [-0.15, -0.1) is 0 Å². The van der Waals surface area contributed by atoms with Crippen LogP contribution < -0.4 is 15.8 Å². The number of rotatable bonds is 7. The Morgan fingerprint density at radius 1 is 0.947 bits per heavy atom. The van der Waals surface area contributed by atoms with Crippen molar-refractivity contribution in [1.29, 1.82) is 0 Å². The third kappa shape index (κ3) is 5.00. The summed E-state index contributed by atoms with van der Waals surface area (Å²) in [5.74, 6) is 0.576. The Morgan fingerprint density at radius 3 is 2.45 bits per heavy atom. The van der Waals surface area contributed by atoms with E-state index in [1.807, 2.05) is 10.8 Å². The molecule has 1 aliphatic carbocycles. The van der Waals surface area contributed by atoms with E-state index in [2.05, 4.69) is 45.2 Å². The highest BCUT2D eigenvalue weighted by atomic mass is 16.3. The van der Waals surface area contributed by atoms with Gasteiger partial charge in [-0.2, -0.15) is 4.98 Å². The molecule has 6 rings (SSSR count). The summed E-state index contributed by atoms with van der Waals surface area (Å²) in [5, 5.41) is 16.1. The summed E-state index contributed by atoms with van der Waals surface area (Å²) >= 11 is 0. The van der Waals surface area contributed by atoms with Crippen molar-refractivity contribution in [2.24, 2.45) is 0 Å². The predicted molar refractivity (Wildman–Crippen MR) is 154 cm³/mol. The summed E-state index contributed by atoms with van der Waals surface area (Å²) in [7, 11) is 0. The lowest BCUT2D eigenvalue weighted by Gasteiger charge is -2.38. The number of piperidine rings is 1. The van der Waals surface area contributed by atoms with Gasteiger partial charge in [-0.25, -0.2) is 4.98 Å². The molecule has 2 N–H and O–H groups in total. The predicted octanol–water partition coefficient (Wildman–Crippen LogP) is 4.70. The fourth-order valence-corrected chi connectivity index (χ4v) is 6.83. The number of aliphatic hydroxyl groups excluding tert-OH is 1. The Bertz CT molecular complexity index is 1320. The Morgan fingerprint density at radius 2 is 1.71 bits per heavy atom. The lowest BCUT2D eigenvalue weighted by atomic mass is 9.92. The largest absolute Gasteiger partial charge is 0.393 e. The van der Waals surface area contributed by atoms with E-state index in [1.165, 1.54) is 38.8 Å². The van der Waals surface area contributed by atoms with Crippen LogP contribution in [-0.4, -0.2) is 69.4 Å². The van der Waals surface area contributed by atoms with E-state index in [0.29, 0.717) is 17.6 Å². The van der Waals surface area contributed by atoms with Crippen molar-refractivity contribution in [3.63, 3.8) is 0 Å². The molecule has 0 radical (unpaired) electrons. The molecule has 0 spiro atoms. The van der Waals surface area contributed by atoms with E-state index in [-0.39, 0.29) is 17.7 Å². The van der Waals surface area contributed by atoms with Crippen LogP contribution in [0.2, 0.25) is 0 Å². The summed E-state index contributed by atoms with van der Waals surface area (Å²) in [6.07, 6.45) is 11.8. The normalized spacial score (nSPS) is 23.5. The average Bonchev–Trinajstić information content (AvgIpc) is 3.49. The average molecular weight is 519 g/mol. The minimum Gasteiger partial charge on any atom is -0.393 e. The Hall–Kier alpha value is -2.71. The highest BCUT2D eigenvalue weighted by Crippen LogP contribution is 2.33. The molecule has 1 saturated carbocycles. The van der Waals surface area contributed by atoms with Gasteiger partial charge < -0.3 is 20.2 Å². The van der Waals surface area contributed by atoms with E-state index in [0.717, 1.165) is 80.0 Å². The summed E-state index contributed by atoms with van der Waals surface area (Å²) in [5.41, 5.74) is 1.87. The minimum atomic E-state index is -0.273. The van der Waals surface area contributed by atoms with Crippen LogP contribution in [0.25, 0.3) is 21.8 Å². The second kappa shape index (κ2) is 11.2. The standard InChI is InChI=1S/C30H42N6O2/c1-2-3-14-31-30-32-20-27-25-11-8-23(35-17-12-21(13-18-35)34-15-4-5-16-34)19-26(25)29(38)36(28(27)33-30)22-6-9-24(37)10-7-22/h8,11,19-22,24,37H,2-7,9-10,12-18H2,1H3,(H,31,32,33). The van der Waals surface area contributed by atoms with Crippen LogP contribution in [-0.2, 0) is 0 Å². The van der Waals surface area contributed by atoms with E-state index in [1.54, 1.807) is 0 Å². The van der Waals surface area contributed by atoms with Crippen LogP contribution in [0.15, 0.2) is 29.2 Å². The van der Waals surface area contributed by atoms with Gasteiger partial charge in [-0.3, -0.25) is 9.36 Å². The molecule has 3 fully saturated rings. The number of pyridine rings is 1. The first-order valence-electron chi connectivity index (χ1n) is 14.9. The molecule has 0 unspecified atom stereocenters. The first-order valence-corrected chi connectivity index (χ1v) is 14.9. The lowest BCUT2D eigenvalue weighted by Crippen LogP contribution is -2.43. The number of hydrogen-bond acceptors (Lipinski definition) is 7. The fraction of sp³-hybridized carbons (Fsp3) is 0.633. The molecular formula is C30H42N6O2. The Balaban J connectivity index is 1.37. The first kappa shape index (κ1) is 25.6. The van der Waals surface area contributed by atoms with Crippen molar-refractivity contribution in [2.45, 2.75) is 89.3 Å². The van der Waals surface area contributed by atoms with Crippen LogP contribution in [0, 0.1) is 0 Å². The van der Waals surface area contributed by atoms with E-state index in [4.69, 9.17) is 4.98 Å². The Labute approximate surface area is 225 Å². The molecule has 0 bridgehead atoms. The number of anilines is 2. The van der Waals surface area contributed by atoms with Crippen LogP contribution >= 0.6 is 0 Å². The number of likely N-dealkylation sites (tertiary alicyclic amines) is 1. The number of hydrogen-bond donors (Lipinski definition) is 2. The number of fused-ring (bicyclic) bond motifs is 3. The molecule has 2 aliphatic heterocycles. The smallest absolute Gasteiger partial charge is 0.260 e. The minimum absolute atomic E-state index is 0.0286. The van der Waals surface area contributed by atoms with Gasteiger partial charge in [0.1, 0.15) is 5.65 Å². The topological polar surface area (TPSA) is 86.5 Å². The van der Waals surface area contributed by atoms with Crippen molar-refractivity contribution < 1.29 is 5.11 Å². The molecule has 0 atom stereocenters. The zero-order chi connectivity index (χ0) is 26.1. The van der Waals surface area contributed by atoms with Crippen LogP contribution in [0.1, 0.15) is 77.2 Å². The number of aromatic nitrogens is 3. The van der Waals surface area contributed by atoms with Gasteiger partial charge >= 0.3 is 0 Å². The monoisotopic (exact) mass is 518 g/mol. The molecule has 3 aromatic rings. The van der Waals surface area contributed by atoms with E-state index >= 15 is 0 Å². The molecule has 2 saturated heterocycles. The quantitative estimate of drug-likeness (QED) is 0.346. The molecule has 38 heavy (non-hydrogen) atoms. The highest BCUT2D eigenvalue weighted by Gasteiger charge is 2.28. The zero-order valence-electron chi connectivity index (χ0n) is 22.7. The third-order valence-corrected chi connectivity index (χ3v) is 9.07. The Kier molecular flexibility index (Phi) is 7.52. The summed E-state index contributed by atoms with van der Waals surface area (Å²) in [6.45, 7) is 7.55. The zero-order valence-corrected chi connectivity index (χ0v) is 22.7. The van der Waals surface area contributed by atoms with Gasteiger partial charge in [0.2, 0.25) is 5.95 Å². The van der Waals surface area contributed by atoms with Gasteiger partial charge in [-0.05, 0) is 88.4 Å². The molecule has 0 amide bonds. The maximum atomic E-state index is 14.2. The molecule has 204 valence electrons. The highest BCUT2D eigenvalue weighted by molar-refractivity contribution is 6.05. The van der Waals surface area contributed by atoms with Crippen molar-refractivity contribution >= 4 is 33.4 Å². The third-order valence-electron chi connectivity index (χ3n) is 9.07. The van der Waals surface area contributed by atoms with Gasteiger partial charge in [-0.1, -0.05) is 19.4 Å². The number of unbranched alkanes of at least 4 members (excludes halogenated alkanes) is 1. The van der Waals surface area contributed by atoms with Crippen molar-refractivity contribution in [3.05, 3.63) is 34.7 Å². The summed E-state index contributed by atoms with van der Waals surface area (Å²) in [4.78, 5) is 28.8. The number of nitrogens with zero attached hydrogens (tertiary/aromatic N) is 5. The van der Waals surface area contributed by atoms with Crippen LogP contribution in [0.3, 0.4) is 0 Å². The van der Waals surface area contributed by atoms with Crippen molar-refractivity contribution in [1.82, 2.24) is 19.4 Å². The van der Waals surface area contributed by atoms with E-state index in [9.17, 15) is 9.90 Å². The van der Waals surface area contributed by atoms with Gasteiger partial charge in [0, 0.05) is 49.0 Å². The lowest BCUT2D eigenvalue weighted by molar-refractivity contribution is 0.111. The molecule has 8 nitrogen and oxygen atoms in total.